The highest BCUT2D eigenvalue weighted by Crippen LogP contribution is 2.19. The van der Waals surface area contributed by atoms with E-state index in [1.54, 1.807) is 0 Å². The molecule has 0 spiro atoms. The summed E-state index contributed by atoms with van der Waals surface area (Å²) in [7, 11) is 0. The number of aromatic nitrogens is 1. The Balaban J connectivity index is 2.01. The Morgan fingerprint density at radius 1 is 1.42 bits per heavy atom. The van der Waals surface area contributed by atoms with Gasteiger partial charge in [0.1, 0.15) is 5.82 Å². The summed E-state index contributed by atoms with van der Waals surface area (Å²) < 4.78 is 5.48. The van der Waals surface area contributed by atoms with Crippen molar-refractivity contribution in [3.8, 4) is 5.88 Å². The van der Waals surface area contributed by atoms with Gasteiger partial charge in [-0.25, -0.2) is 0 Å². The average Bonchev–Trinajstić information content (AvgIpc) is 2.46. The molecule has 2 rings (SSSR count). The Morgan fingerprint density at radius 3 is 3.00 bits per heavy atom. The van der Waals surface area contributed by atoms with Crippen LogP contribution < -0.4 is 15.0 Å². The molecule has 1 saturated heterocycles. The molecule has 0 amide bonds. The summed E-state index contributed by atoms with van der Waals surface area (Å²) in [6.07, 6.45) is 2.60. The van der Waals surface area contributed by atoms with E-state index in [-0.39, 0.29) is 0 Å². The Labute approximate surface area is 116 Å². The monoisotopic (exact) mass is 263 g/mol. The average molecular weight is 263 g/mol. The van der Waals surface area contributed by atoms with Gasteiger partial charge in [-0.1, -0.05) is 6.07 Å². The van der Waals surface area contributed by atoms with E-state index in [0.29, 0.717) is 6.61 Å². The SMILES string of the molecule is CCOc1cccc(N(CC)CC2CCCNC2)n1. The van der Waals surface area contributed by atoms with Gasteiger partial charge in [-0.3, -0.25) is 0 Å². The number of anilines is 1. The Bertz CT molecular complexity index is 377. The van der Waals surface area contributed by atoms with E-state index in [1.807, 2.05) is 19.1 Å². The summed E-state index contributed by atoms with van der Waals surface area (Å²) in [5.74, 6) is 2.48. The highest BCUT2D eigenvalue weighted by Gasteiger charge is 2.17. The first-order valence-electron chi connectivity index (χ1n) is 7.39. The molecule has 0 bridgehead atoms. The lowest BCUT2D eigenvalue weighted by molar-refractivity contribution is 0.326. The summed E-state index contributed by atoms with van der Waals surface area (Å²) in [5.41, 5.74) is 0. The number of piperidine rings is 1. The minimum atomic E-state index is 0.662. The third kappa shape index (κ3) is 4.10. The standard InChI is InChI=1S/C15H25N3O/c1-3-18(12-13-7-6-10-16-11-13)14-8-5-9-15(17-14)19-4-2/h5,8-9,13,16H,3-4,6-7,10-12H2,1-2H3. The van der Waals surface area contributed by atoms with Crippen molar-refractivity contribution in [3.05, 3.63) is 18.2 Å². The molecule has 1 aliphatic rings. The fourth-order valence-electron chi connectivity index (χ4n) is 2.58. The molecule has 1 aromatic rings. The quantitative estimate of drug-likeness (QED) is 0.854. The van der Waals surface area contributed by atoms with E-state index in [9.17, 15) is 0 Å². The second-order valence-electron chi connectivity index (χ2n) is 5.02. The predicted octanol–water partition coefficient (Wildman–Crippen LogP) is 2.31. The van der Waals surface area contributed by atoms with Crippen LogP contribution in [0.2, 0.25) is 0 Å². The fraction of sp³-hybridized carbons (Fsp3) is 0.667. The summed E-state index contributed by atoms with van der Waals surface area (Å²) in [6, 6.07) is 6.01. The summed E-state index contributed by atoms with van der Waals surface area (Å²) in [5, 5.41) is 3.48. The lowest BCUT2D eigenvalue weighted by Gasteiger charge is -2.30. The van der Waals surface area contributed by atoms with Gasteiger partial charge < -0.3 is 15.0 Å². The molecule has 4 nitrogen and oxygen atoms in total. The number of pyridine rings is 1. The maximum absolute atomic E-state index is 5.48. The molecule has 19 heavy (non-hydrogen) atoms. The van der Waals surface area contributed by atoms with E-state index in [1.165, 1.54) is 19.4 Å². The Kier molecular flexibility index (Phi) is 5.45. The van der Waals surface area contributed by atoms with Gasteiger partial charge in [-0.2, -0.15) is 4.98 Å². The van der Waals surface area contributed by atoms with Gasteiger partial charge in [0.2, 0.25) is 5.88 Å². The Morgan fingerprint density at radius 2 is 2.32 bits per heavy atom. The van der Waals surface area contributed by atoms with Gasteiger partial charge >= 0.3 is 0 Å². The normalized spacial score (nSPS) is 19.2. The second kappa shape index (κ2) is 7.34. The summed E-state index contributed by atoms with van der Waals surface area (Å²) in [4.78, 5) is 6.93. The molecule has 4 heteroatoms. The number of nitrogens with one attached hydrogen (secondary N) is 1. The molecular weight excluding hydrogens is 238 g/mol. The Hall–Kier alpha value is -1.29. The smallest absolute Gasteiger partial charge is 0.215 e. The topological polar surface area (TPSA) is 37.4 Å². The van der Waals surface area contributed by atoms with E-state index in [0.717, 1.165) is 37.3 Å². The van der Waals surface area contributed by atoms with E-state index < -0.39 is 0 Å². The van der Waals surface area contributed by atoms with Crippen molar-refractivity contribution < 1.29 is 4.74 Å². The van der Waals surface area contributed by atoms with Crippen molar-refractivity contribution in [2.45, 2.75) is 26.7 Å². The minimum Gasteiger partial charge on any atom is -0.478 e. The molecule has 0 radical (unpaired) electrons. The minimum absolute atomic E-state index is 0.662. The van der Waals surface area contributed by atoms with Crippen LogP contribution in [0, 0.1) is 5.92 Å². The van der Waals surface area contributed by atoms with Crippen molar-refractivity contribution in [1.29, 1.82) is 0 Å². The van der Waals surface area contributed by atoms with E-state index in [4.69, 9.17) is 4.74 Å². The van der Waals surface area contributed by atoms with E-state index in [2.05, 4.69) is 28.2 Å². The molecule has 1 aromatic heterocycles. The first-order chi connectivity index (χ1) is 9.33. The number of ether oxygens (including phenoxy) is 1. The zero-order chi connectivity index (χ0) is 13.5. The zero-order valence-corrected chi connectivity index (χ0v) is 12.1. The number of hydrogen-bond acceptors (Lipinski definition) is 4. The van der Waals surface area contributed by atoms with Gasteiger partial charge in [0.15, 0.2) is 0 Å². The lowest BCUT2D eigenvalue weighted by Crippen LogP contribution is -2.38. The molecule has 1 atom stereocenters. The molecule has 1 unspecified atom stereocenters. The maximum atomic E-state index is 5.48. The van der Waals surface area contributed by atoms with Crippen LogP contribution in [-0.4, -0.2) is 37.8 Å². The summed E-state index contributed by atoms with van der Waals surface area (Å²) >= 11 is 0. The van der Waals surface area contributed by atoms with Crippen LogP contribution in [-0.2, 0) is 0 Å². The van der Waals surface area contributed by atoms with Crippen LogP contribution in [0.15, 0.2) is 18.2 Å². The van der Waals surface area contributed by atoms with E-state index >= 15 is 0 Å². The van der Waals surface area contributed by atoms with Crippen molar-refractivity contribution in [1.82, 2.24) is 10.3 Å². The zero-order valence-electron chi connectivity index (χ0n) is 12.1. The van der Waals surface area contributed by atoms with Crippen LogP contribution in [0.5, 0.6) is 5.88 Å². The van der Waals surface area contributed by atoms with Crippen molar-refractivity contribution in [3.63, 3.8) is 0 Å². The van der Waals surface area contributed by atoms with Crippen LogP contribution >= 0.6 is 0 Å². The predicted molar refractivity (Wildman–Crippen MR) is 78.9 cm³/mol. The second-order valence-corrected chi connectivity index (χ2v) is 5.02. The molecule has 2 heterocycles. The number of hydrogen-bond donors (Lipinski definition) is 1. The van der Waals surface area contributed by atoms with Gasteiger partial charge in [0, 0.05) is 19.2 Å². The van der Waals surface area contributed by atoms with Crippen molar-refractivity contribution in [2.75, 3.05) is 37.7 Å². The highest BCUT2D eigenvalue weighted by atomic mass is 16.5. The number of nitrogens with zero attached hydrogens (tertiary/aromatic N) is 2. The lowest BCUT2D eigenvalue weighted by atomic mass is 9.99. The van der Waals surface area contributed by atoms with Gasteiger partial charge in [-0.05, 0) is 51.8 Å². The fourth-order valence-corrected chi connectivity index (χ4v) is 2.58. The third-order valence-electron chi connectivity index (χ3n) is 3.58. The molecule has 106 valence electrons. The molecule has 0 aromatic carbocycles. The van der Waals surface area contributed by atoms with Crippen LogP contribution in [0.25, 0.3) is 0 Å². The third-order valence-corrected chi connectivity index (χ3v) is 3.58. The van der Waals surface area contributed by atoms with Gasteiger partial charge in [0.05, 0.1) is 6.61 Å². The van der Waals surface area contributed by atoms with Gasteiger partial charge in [0.25, 0.3) is 0 Å². The largest absolute Gasteiger partial charge is 0.478 e. The molecule has 1 N–H and O–H groups in total. The van der Waals surface area contributed by atoms with Crippen LogP contribution in [0.3, 0.4) is 0 Å². The summed E-state index contributed by atoms with van der Waals surface area (Å²) in [6.45, 7) is 9.19. The molecule has 1 aliphatic heterocycles. The van der Waals surface area contributed by atoms with Crippen molar-refractivity contribution >= 4 is 5.82 Å². The van der Waals surface area contributed by atoms with Crippen molar-refractivity contribution in [2.24, 2.45) is 5.92 Å². The molecule has 0 saturated carbocycles. The van der Waals surface area contributed by atoms with Gasteiger partial charge in [-0.15, -0.1) is 0 Å². The molecular formula is C15H25N3O. The first-order valence-corrected chi connectivity index (χ1v) is 7.39. The molecule has 1 fully saturated rings. The van der Waals surface area contributed by atoms with Crippen LogP contribution in [0.4, 0.5) is 5.82 Å². The maximum Gasteiger partial charge on any atom is 0.215 e. The highest BCUT2D eigenvalue weighted by molar-refractivity contribution is 5.40. The first kappa shape index (κ1) is 14.1. The molecule has 0 aliphatic carbocycles. The number of rotatable bonds is 6. The van der Waals surface area contributed by atoms with Crippen LogP contribution in [0.1, 0.15) is 26.7 Å².